The van der Waals surface area contributed by atoms with Crippen molar-refractivity contribution in [2.24, 2.45) is 0 Å². The normalized spacial score (nSPS) is 12.0. The highest BCUT2D eigenvalue weighted by Gasteiger charge is 2.20. The van der Waals surface area contributed by atoms with Crippen LogP contribution in [0.4, 0.5) is 5.69 Å². The number of carbonyl (C=O) groups excluding carboxylic acids is 2. The van der Waals surface area contributed by atoms with Crippen molar-refractivity contribution in [1.82, 2.24) is 0 Å². The Balaban J connectivity index is 2.03. The number of esters is 1. The van der Waals surface area contributed by atoms with Crippen molar-refractivity contribution in [3.05, 3.63) is 70.8 Å². The molecule has 0 fully saturated rings. The standard InChI is InChI=1S/C21H20N2O3/c1-14-7-9-17(10-8-14)12-18(13-22)21(25)26-16(3)20(24)23-19-6-4-5-15(2)11-19/h4-12,16H,1-3H3,(H,23,24)/b18-12+/t16-/m0/s1. The molecule has 0 heterocycles. The van der Waals surface area contributed by atoms with Gasteiger partial charge in [0, 0.05) is 5.69 Å². The number of ether oxygens (including phenoxy) is 1. The van der Waals surface area contributed by atoms with Gasteiger partial charge in [-0.25, -0.2) is 4.79 Å². The number of nitrogens with one attached hydrogen (secondary N) is 1. The van der Waals surface area contributed by atoms with E-state index in [1.54, 1.807) is 18.2 Å². The van der Waals surface area contributed by atoms with Gasteiger partial charge in [0.05, 0.1) is 0 Å². The molecule has 0 aromatic heterocycles. The van der Waals surface area contributed by atoms with Crippen LogP contribution in [0.2, 0.25) is 0 Å². The molecule has 1 atom stereocenters. The van der Waals surface area contributed by atoms with Crippen LogP contribution in [0, 0.1) is 25.2 Å². The molecule has 0 unspecified atom stereocenters. The summed E-state index contributed by atoms with van der Waals surface area (Å²) < 4.78 is 5.12. The number of nitriles is 1. The van der Waals surface area contributed by atoms with Gasteiger partial charge in [0.25, 0.3) is 5.91 Å². The summed E-state index contributed by atoms with van der Waals surface area (Å²) in [6.45, 7) is 5.32. The van der Waals surface area contributed by atoms with Gasteiger partial charge in [0.2, 0.25) is 0 Å². The number of benzene rings is 2. The maximum atomic E-state index is 12.2. The van der Waals surface area contributed by atoms with Crippen LogP contribution in [0.25, 0.3) is 6.08 Å². The van der Waals surface area contributed by atoms with E-state index in [0.29, 0.717) is 11.3 Å². The first kappa shape index (κ1) is 18.9. The number of amides is 1. The molecule has 2 rings (SSSR count). The third kappa shape index (κ3) is 5.32. The molecule has 2 aromatic carbocycles. The average molecular weight is 348 g/mol. The van der Waals surface area contributed by atoms with Crippen LogP contribution >= 0.6 is 0 Å². The van der Waals surface area contributed by atoms with Crippen molar-refractivity contribution in [1.29, 1.82) is 5.26 Å². The highest BCUT2D eigenvalue weighted by Crippen LogP contribution is 2.13. The van der Waals surface area contributed by atoms with Crippen molar-refractivity contribution >= 4 is 23.6 Å². The molecule has 5 heteroatoms. The molecular formula is C21H20N2O3. The largest absolute Gasteiger partial charge is 0.448 e. The summed E-state index contributed by atoms with van der Waals surface area (Å²) in [7, 11) is 0. The van der Waals surface area contributed by atoms with Crippen molar-refractivity contribution in [3.8, 4) is 6.07 Å². The van der Waals surface area contributed by atoms with E-state index < -0.39 is 18.0 Å². The van der Waals surface area contributed by atoms with Gasteiger partial charge in [0.15, 0.2) is 6.10 Å². The highest BCUT2D eigenvalue weighted by molar-refractivity contribution is 6.01. The quantitative estimate of drug-likeness (QED) is 0.507. The molecule has 1 N–H and O–H groups in total. The van der Waals surface area contributed by atoms with E-state index in [-0.39, 0.29) is 5.57 Å². The summed E-state index contributed by atoms with van der Waals surface area (Å²) >= 11 is 0. The predicted molar refractivity (Wildman–Crippen MR) is 100 cm³/mol. The summed E-state index contributed by atoms with van der Waals surface area (Å²) in [5.41, 5.74) is 3.24. The Labute approximate surface area is 152 Å². The second kappa shape index (κ2) is 8.63. The minimum Gasteiger partial charge on any atom is -0.448 e. The first-order valence-electron chi connectivity index (χ1n) is 8.16. The zero-order valence-corrected chi connectivity index (χ0v) is 14.9. The van der Waals surface area contributed by atoms with E-state index in [1.165, 1.54) is 13.0 Å². The predicted octanol–water partition coefficient (Wildman–Crippen LogP) is 3.78. The number of hydrogen-bond donors (Lipinski definition) is 1. The summed E-state index contributed by atoms with van der Waals surface area (Å²) in [6.07, 6.45) is 0.408. The molecule has 132 valence electrons. The van der Waals surface area contributed by atoms with Crippen LogP contribution in [0.15, 0.2) is 54.1 Å². The first-order chi connectivity index (χ1) is 12.4. The second-order valence-corrected chi connectivity index (χ2v) is 5.99. The van der Waals surface area contributed by atoms with Gasteiger partial charge in [-0.3, -0.25) is 4.79 Å². The van der Waals surface area contributed by atoms with Crippen LogP contribution in [0.5, 0.6) is 0 Å². The molecule has 26 heavy (non-hydrogen) atoms. The van der Waals surface area contributed by atoms with E-state index in [2.05, 4.69) is 5.32 Å². The third-order valence-corrected chi connectivity index (χ3v) is 3.67. The van der Waals surface area contributed by atoms with Gasteiger partial charge in [-0.2, -0.15) is 5.26 Å². The van der Waals surface area contributed by atoms with Crippen molar-refractivity contribution in [2.45, 2.75) is 26.9 Å². The lowest BCUT2D eigenvalue weighted by atomic mass is 10.1. The van der Waals surface area contributed by atoms with Gasteiger partial charge < -0.3 is 10.1 Å². The molecule has 0 aliphatic carbocycles. The highest BCUT2D eigenvalue weighted by atomic mass is 16.5. The number of carbonyl (C=O) groups is 2. The van der Waals surface area contributed by atoms with E-state index in [9.17, 15) is 14.9 Å². The Morgan fingerprint density at radius 2 is 1.81 bits per heavy atom. The minimum atomic E-state index is -1.03. The molecule has 0 saturated heterocycles. The molecule has 0 spiro atoms. The Bertz CT molecular complexity index is 877. The van der Waals surface area contributed by atoms with Gasteiger partial charge in [-0.05, 0) is 50.1 Å². The molecular weight excluding hydrogens is 328 g/mol. The summed E-state index contributed by atoms with van der Waals surface area (Å²) in [4.78, 5) is 24.3. The Kier molecular flexibility index (Phi) is 6.29. The molecule has 0 saturated carbocycles. The smallest absolute Gasteiger partial charge is 0.349 e. The maximum Gasteiger partial charge on any atom is 0.349 e. The monoisotopic (exact) mass is 348 g/mol. The van der Waals surface area contributed by atoms with Crippen LogP contribution in [-0.2, 0) is 14.3 Å². The number of hydrogen-bond acceptors (Lipinski definition) is 4. The lowest BCUT2D eigenvalue weighted by Gasteiger charge is -2.13. The fraction of sp³-hybridized carbons (Fsp3) is 0.190. The SMILES string of the molecule is Cc1ccc(/C=C(\C#N)C(=O)O[C@@H](C)C(=O)Nc2cccc(C)c2)cc1. The zero-order chi connectivity index (χ0) is 19.1. The first-order valence-corrected chi connectivity index (χ1v) is 8.16. The van der Waals surface area contributed by atoms with E-state index in [1.807, 2.05) is 50.2 Å². The number of rotatable bonds is 5. The molecule has 0 bridgehead atoms. The second-order valence-electron chi connectivity index (χ2n) is 5.99. The van der Waals surface area contributed by atoms with Gasteiger partial charge in [-0.15, -0.1) is 0 Å². The molecule has 0 aliphatic heterocycles. The lowest BCUT2D eigenvalue weighted by molar-refractivity contribution is -0.148. The van der Waals surface area contributed by atoms with E-state index in [4.69, 9.17) is 4.74 Å². The van der Waals surface area contributed by atoms with Gasteiger partial charge in [-0.1, -0.05) is 42.0 Å². The Hall–Kier alpha value is -3.39. The fourth-order valence-electron chi connectivity index (χ4n) is 2.21. The average Bonchev–Trinajstić information content (AvgIpc) is 2.61. The van der Waals surface area contributed by atoms with E-state index in [0.717, 1.165) is 11.1 Å². The summed E-state index contributed by atoms with van der Waals surface area (Å²) in [5, 5.41) is 11.9. The molecule has 2 aromatic rings. The minimum absolute atomic E-state index is 0.163. The molecule has 1 amide bonds. The molecule has 5 nitrogen and oxygen atoms in total. The Morgan fingerprint density at radius 3 is 2.42 bits per heavy atom. The maximum absolute atomic E-state index is 12.2. The van der Waals surface area contributed by atoms with E-state index >= 15 is 0 Å². The summed E-state index contributed by atoms with van der Waals surface area (Å²) in [5.74, 6) is -1.29. The van der Waals surface area contributed by atoms with Crippen molar-refractivity contribution in [3.63, 3.8) is 0 Å². The third-order valence-electron chi connectivity index (χ3n) is 3.67. The van der Waals surface area contributed by atoms with Gasteiger partial charge >= 0.3 is 5.97 Å². The number of anilines is 1. The molecule has 0 aliphatic rings. The number of aryl methyl sites for hydroxylation is 2. The van der Waals surface area contributed by atoms with Crippen LogP contribution in [0.3, 0.4) is 0 Å². The van der Waals surface area contributed by atoms with Crippen LogP contribution < -0.4 is 5.32 Å². The molecule has 0 radical (unpaired) electrons. The number of nitrogens with zero attached hydrogens (tertiary/aromatic N) is 1. The fourth-order valence-corrected chi connectivity index (χ4v) is 2.21. The Morgan fingerprint density at radius 1 is 1.12 bits per heavy atom. The van der Waals surface area contributed by atoms with Crippen LogP contribution in [-0.4, -0.2) is 18.0 Å². The zero-order valence-electron chi connectivity index (χ0n) is 14.9. The topological polar surface area (TPSA) is 79.2 Å². The lowest BCUT2D eigenvalue weighted by Crippen LogP contribution is -2.30. The van der Waals surface area contributed by atoms with Crippen molar-refractivity contribution < 1.29 is 14.3 Å². The van der Waals surface area contributed by atoms with Crippen molar-refractivity contribution in [2.75, 3.05) is 5.32 Å². The van der Waals surface area contributed by atoms with Crippen LogP contribution in [0.1, 0.15) is 23.6 Å². The van der Waals surface area contributed by atoms with Gasteiger partial charge in [0.1, 0.15) is 11.6 Å². The summed E-state index contributed by atoms with van der Waals surface area (Å²) in [6, 6.07) is 16.5.